The summed E-state index contributed by atoms with van der Waals surface area (Å²) in [6, 6.07) is 14.3. The van der Waals surface area contributed by atoms with Crippen LogP contribution < -0.4 is 10.6 Å². The zero-order valence-electron chi connectivity index (χ0n) is 19.0. The minimum absolute atomic E-state index is 0.0237. The van der Waals surface area contributed by atoms with E-state index in [1.54, 1.807) is 30.3 Å². The van der Waals surface area contributed by atoms with E-state index >= 15 is 0 Å². The van der Waals surface area contributed by atoms with E-state index in [4.69, 9.17) is 34.8 Å². The summed E-state index contributed by atoms with van der Waals surface area (Å²) in [6.07, 6.45) is 1.07. The number of hydrogen-bond donors (Lipinski definition) is 2. The second-order valence-electron chi connectivity index (χ2n) is 9.26. The third-order valence-corrected chi connectivity index (χ3v) is 7.70. The number of halogens is 3. The molecule has 1 aliphatic carbocycles. The first-order valence-corrected chi connectivity index (χ1v) is 13.0. The SMILES string of the molecule is CC1(C)CC(=O)C2=C(C1)NC(SCC(=O)Nc1ccc(Cl)cc1Cl)=C(C#N)[C@@H]2c1ccc(Cl)cc1. The van der Waals surface area contributed by atoms with Crippen LogP contribution in [0.3, 0.4) is 0 Å². The molecular formula is C26H22Cl3N3O2S. The van der Waals surface area contributed by atoms with Gasteiger partial charge in [0, 0.05) is 27.7 Å². The smallest absolute Gasteiger partial charge is 0.234 e. The number of rotatable bonds is 5. The number of dihydropyridines is 1. The second kappa shape index (κ2) is 10.3. The number of benzene rings is 2. The van der Waals surface area contributed by atoms with Gasteiger partial charge < -0.3 is 10.6 Å². The molecule has 2 aromatic carbocycles. The van der Waals surface area contributed by atoms with Crippen molar-refractivity contribution in [2.24, 2.45) is 5.41 Å². The Bertz CT molecular complexity index is 1310. The largest absolute Gasteiger partial charge is 0.352 e. The highest BCUT2D eigenvalue weighted by molar-refractivity contribution is 8.03. The number of amides is 1. The lowest BCUT2D eigenvalue weighted by molar-refractivity contribution is -0.118. The molecule has 1 heterocycles. The third kappa shape index (κ3) is 5.70. The van der Waals surface area contributed by atoms with Crippen LogP contribution in [0.25, 0.3) is 0 Å². The molecule has 0 fully saturated rings. The summed E-state index contributed by atoms with van der Waals surface area (Å²) in [5.41, 5.74) is 2.87. The maximum atomic E-state index is 13.2. The number of nitrogens with one attached hydrogen (secondary N) is 2. The van der Waals surface area contributed by atoms with Crippen LogP contribution in [0.5, 0.6) is 0 Å². The monoisotopic (exact) mass is 545 g/mol. The summed E-state index contributed by atoms with van der Waals surface area (Å²) in [5, 5.41) is 18.2. The highest BCUT2D eigenvalue weighted by atomic mass is 35.5. The van der Waals surface area contributed by atoms with Crippen molar-refractivity contribution < 1.29 is 9.59 Å². The van der Waals surface area contributed by atoms with Crippen molar-refractivity contribution in [3.05, 3.63) is 85.0 Å². The van der Waals surface area contributed by atoms with Crippen molar-refractivity contribution in [1.82, 2.24) is 5.32 Å². The lowest BCUT2D eigenvalue weighted by Gasteiger charge is -2.39. The van der Waals surface area contributed by atoms with Crippen molar-refractivity contribution >= 4 is 63.9 Å². The Morgan fingerprint density at radius 3 is 2.49 bits per heavy atom. The summed E-state index contributed by atoms with van der Waals surface area (Å²) in [7, 11) is 0. The van der Waals surface area contributed by atoms with Crippen molar-refractivity contribution in [1.29, 1.82) is 5.26 Å². The van der Waals surface area contributed by atoms with E-state index in [0.29, 0.717) is 49.8 Å². The maximum absolute atomic E-state index is 13.2. The topological polar surface area (TPSA) is 82.0 Å². The van der Waals surface area contributed by atoms with Crippen LogP contribution in [0, 0.1) is 16.7 Å². The molecule has 9 heteroatoms. The summed E-state index contributed by atoms with van der Waals surface area (Å²) in [5.74, 6) is -0.738. The molecule has 0 saturated carbocycles. The minimum atomic E-state index is -0.520. The fourth-order valence-corrected chi connectivity index (χ4v) is 5.84. The summed E-state index contributed by atoms with van der Waals surface area (Å²) >= 11 is 19.4. The van der Waals surface area contributed by atoms with Crippen molar-refractivity contribution in [3.8, 4) is 6.07 Å². The van der Waals surface area contributed by atoms with Crippen LogP contribution in [-0.2, 0) is 9.59 Å². The normalized spacial score (nSPS) is 19.1. The van der Waals surface area contributed by atoms with Gasteiger partial charge >= 0.3 is 0 Å². The number of hydrogen-bond acceptors (Lipinski definition) is 5. The Kier molecular flexibility index (Phi) is 7.54. The number of Topliss-reactive ketones (excluding diaryl/α,β-unsaturated/α-hetero) is 1. The molecule has 1 atom stereocenters. The van der Waals surface area contributed by atoms with Gasteiger partial charge in [-0.1, -0.05) is 72.5 Å². The molecule has 1 amide bonds. The molecule has 4 rings (SSSR count). The average Bonchev–Trinajstić information content (AvgIpc) is 2.78. The fourth-order valence-electron chi connectivity index (χ4n) is 4.39. The predicted molar refractivity (Wildman–Crippen MR) is 143 cm³/mol. The fraction of sp³-hybridized carbons (Fsp3) is 0.269. The molecule has 0 radical (unpaired) electrons. The standard InChI is InChI=1S/C26H22Cl3N3O2S/c1-26(2)10-20-24(21(33)11-26)23(14-3-5-15(27)6-4-14)17(12-30)25(32-20)35-13-22(34)31-19-8-7-16(28)9-18(19)29/h3-9,23,32H,10-11,13H2,1-2H3,(H,31,34)/t23-/m0/s1. The van der Waals surface area contributed by atoms with Crippen LogP contribution in [0.4, 0.5) is 5.69 Å². The number of nitriles is 1. The van der Waals surface area contributed by atoms with Crippen LogP contribution in [0.2, 0.25) is 15.1 Å². The molecule has 5 nitrogen and oxygen atoms in total. The summed E-state index contributed by atoms with van der Waals surface area (Å²) in [4.78, 5) is 25.9. The maximum Gasteiger partial charge on any atom is 0.234 e. The number of nitrogens with zero attached hydrogens (tertiary/aromatic N) is 1. The van der Waals surface area contributed by atoms with Gasteiger partial charge in [0.1, 0.15) is 0 Å². The molecule has 180 valence electrons. The van der Waals surface area contributed by atoms with Crippen LogP contribution in [0.15, 0.2) is 64.3 Å². The first kappa shape index (κ1) is 25.7. The van der Waals surface area contributed by atoms with E-state index in [-0.39, 0.29) is 22.9 Å². The van der Waals surface area contributed by atoms with E-state index in [1.165, 1.54) is 11.8 Å². The number of carbonyl (C=O) groups excluding carboxylic acids is 2. The highest BCUT2D eigenvalue weighted by Gasteiger charge is 2.41. The molecule has 0 unspecified atom stereocenters. The van der Waals surface area contributed by atoms with Gasteiger partial charge in [0.15, 0.2) is 5.78 Å². The quantitative estimate of drug-likeness (QED) is 0.419. The van der Waals surface area contributed by atoms with Crippen LogP contribution in [0.1, 0.15) is 38.2 Å². The molecule has 0 spiro atoms. The summed E-state index contributed by atoms with van der Waals surface area (Å²) < 4.78 is 0. The van der Waals surface area contributed by atoms with E-state index in [9.17, 15) is 14.9 Å². The van der Waals surface area contributed by atoms with Gasteiger partial charge in [-0.3, -0.25) is 9.59 Å². The first-order chi connectivity index (χ1) is 16.6. The molecule has 2 aliphatic rings. The van der Waals surface area contributed by atoms with E-state index in [0.717, 1.165) is 11.3 Å². The number of ketones is 1. The molecule has 35 heavy (non-hydrogen) atoms. The van der Waals surface area contributed by atoms with E-state index in [2.05, 4.69) is 16.7 Å². The number of thioether (sulfide) groups is 1. The summed E-state index contributed by atoms with van der Waals surface area (Å²) in [6.45, 7) is 4.10. The molecule has 2 N–H and O–H groups in total. The molecule has 1 aliphatic heterocycles. The van der Waals surface area contributed by atoms with Gasteiger partial charge in [-0.05, 0) is 47.7 Å². The average molecular weight is 547 g/mol. The molecule has 2 aromatic rings. The Morgan fingerprint density at radius 2 is 1.83 bits per heavy atom. The Hall–Kier alpha value is -2.43. The Balaban J connectivity index is 1.64. The molecular weight excluding hydrogens is 525 g/mol. The molecule has 0 bridgehead atoms. The van der Waals surface area contributed by atoms with Crippen molar-refractivity contribution in [3.63, 3.8) is 0 Å². The van der Waals surface area contributed by atoms with Crippen LogP contribution >= 0.6 is 46.6 Å². The van der Waals surface area contributed by atoms with Gasteiger partial charge in [0.05, 0.1) is 39.1 Å². The Labute approximate surface area is 223 Å². The van der Waals surface area contributed by atoms with Gasteiger partial charge in [0.2, 0.25) is 5.91 Å². The van der Waals surface area contributed by atoms with Gasteiger partial charge in [0.25, 0.3) is 0 Å². The van der Waals surface area contributed by atoms with Crippen molar-refractivity contribution in [2.45, 2.75) is 32.6 Å². The number of anilines is 1. The highest BCUT2D eigenvalue weighted by Crippen LogP contribution is 2.48. The van der Waals surface area contributed by atoms with Crippen molar-refractivity contribution in [2.75, 3.05) is 11.1 Å². The van der Waals surface area contributed by atoms with Gasteiger partial charge in [-0.25, -0.2) is 0 Å². The zero-order chi connectivity index (χ0) is 25.3. The second-order valence-corrected chi connectivity index (χ2v) is 11.5. The lowest BCUT2D eigenvalue weighted by atomic mass is 9.69. The Morgan fingerprint density at radius 1 is 1.14 bits per heavy atom. The van der Waals surface area contributed by atoms with E-state index < -0.39 is 5.92 Å². The predicted octanol–water partition coefficient (Wildman–Crippen LogP) is 7.08. The van der Waals surface area contributed by atoms with E-state index in [1.807, 2.05) is 26.0 Å². The lowest BCUT2D eigenvalue weighted by Crippen LogP contribution is -2.37. The zero-order valence-corrected chi connectivity index (χ0v) is 22.1. The molecule has 0 saturated heterocycles. The molecule has 0 aromatic heterocycles. The van der Waals surface area contributed by atoms with Crippen LogP contribution in [-0.4, -0.2) is 17.4 Å². The third-order valence-electron chi connectivity index (χ3n) is 5.88. The number of allylic oxidation sites excluding steroid dienone is 3. The first-order valence-electron chi connectivity index (χ1n) is 10.9. The van der Waals surface area contributed by atoms with Gasteiger partial charge in [-0.15, -0.1) is 0 Å². The van der Waals surface area contributed by atoms with Gasteiger partial charge in [-0.2, -0.15) is 5.26 Å². The minimum Gasteiger partial charge on any atom is -0.352 e. The number of carbonyl (C=O) groups is 2.